The van der Waals surface area contributed by atoms with Crippen LogP contribution in [-0.2, 0) is 21.3 Å². The Morgan fingerprint density at radius 3 is 2.81 bits per heavy atom. The van der Waals surface area contributed by atoms with Gasteiger partial charge < -0.3 is 9.30 Å². The first-order valence-electron chi connectivity index (χ1n) is 6.79. The Morgan fingerprint density at radius 2 is 2.10 bits per heavy atom. The number of ether oxygens (including phenoxy) is 1. The average Bonchev–Trinajstić information content (AvgIpc) is 3.01. The standard InChI is InChI=1S/C14H17N3O3S/c18-21(19,14-4-2-1-3-5-14)17-8-9-20-13(11-17)10-16-7-6-15-12-16/h1-7,12-13H,8-11H2/t13-/m0/s1. The smallest absolute Gasteiger partial charge is 0.243 e. The van der Waals surface area contributed by atoms with E-state index >= 15 is 0 Å². The summed E-state index contributed by atoms with van der Waals surface area (Å²) in [5.41, 5.74) is 0. The van der Waals surface area contributed by atoms with Gasteiger partial charge in [-0.3, -0.25) is 0 Å². The second-order valence-electron chi connectivity index (χ2n) is 4.93. The Balaban J connectivity index is 1.74. The van der Waals surface area contributed by atoms with Crippen molar-refractivity contribution in [3.63, 3.8) is 0 Å². The van der Waals surface area contributed by atoms with E-state index < -0.39 is 10.0 Å². The predicted molar refractivity (Wildman–Crippen MR) is 77.2 cm³/mol. The van der Waals surface area contributed by atoms with E-state index in [1.54, 1.807) is 42.9 Å². The fourth-order valence-electron chi connectivity index (χ4n) is 2.39. The third-order valence-electron chi connectivity index (χ3n) is 3.46. The minimum Gasteiger partial charge on any atom is -0.374 e. The number of morpholine rings is 1. The Morgan fingerprint density at radius 1 is 1.29 bits per heavy atom. The third kappa shape index (κ3) is 3.15. The van der Waals surface area contributed by atoms with Crippen LogP contribution in [0.15, 0.2) is 53.9 Å². The SMILES string of the molecule is O=S(=O)(c1ccccc1)N1CCO[C@@H](Cn2ccnc2)C1. The van der Waals surface area contributed by atoms with E-state index in [4.69, 9.17) is 4.74 Å². The molecule has 0 aliphatic carbocycles. The molecule has 2 aromatic rings. The Hall–Kier alpha value is -1.70. The summed E-state index contributed by atoms with van der Waals surface area (Å²) >= 11 is 0. The van der Waals surface area contributed by atoms with Gasteiger partial charge in [0.15, 0.2) is 0 Å². The lowest BCUT2D eigenvalue weighted by molar-refractivity contribution is -0.0102. The molecule has 1 fully saturated rings. The van der Waals surface area contributed by atoms with Gasteiger partial charge in [0.25, 0.3) is 0 Å². The maximum absolute atomic E-state index is 12.6. The van der Waals surface area contributed by atoms with E-state index in [1.807, 2.05) is 10.8 Å². The zero-order valence-electron chi connectivity index (χ0n) is 11.5. The van der Waals surface area contributed by atoms with E-state index in [1.165, 1.54) is 4.31 Å². The van der Waals surface area contributed by atoms with E-state index in [0.717, 1.165) is 0 Å². The van der Waals surface area contributed by atoms with Gasteiger partial charge in [-0.2, -0.15) is 4.31 Å². The molecular formula is C14H17N3O3S. The van der Waals surface area contributed by atoms with Gasteiger partial charge in [0.05, 0.1) is 30.5 Å². The summed E-state index contributed by atoms with van der Waals surface area (Å²) in [7, 11) is -3.45. The number of rotatable bonds is 4. The van der Waals surface area contributed by atoms with E-state index in [9.17, 15) is 8.42 Å². The van der Waals surface area contributed by atoms with Crippen LogP contribution in [0.5, 0.6) is 0 Å². The molecule has 1 saturated heterocycles. The van der Waals surface area contributed by atoms with Crippen molar-refractivity contribution in [2.75, 3.05) is 19.7 Å². The number of imidazole rings is 1. The first-order valence-corrected chi connectivity index (χ1v) is 8.23. The van der Waals surface area contributed by atoms with Gasteiger partial charge in [-0.1, -0.05) is 18.2 Å². The zero-order chi connectivity index (χ0) is 14.7. The van der Waals surface area contributed by atoms with Gasteiger partial charge in [-0.05, 0) is 12.1 Å². The molecule has 0 spiro atoms. The molecule has 1 aliphatic heterocycles. The Bertz CT molecular complexity index is 671. The number of sulfonamides is 1. The molecule has 1 atom stereocenters. The molecule has 0 bridgehead atoms. The van der Waals surface area contributed by atoms with Crippen molar-refractivity contribution in [2.24, 2.45) is 0 Å². The summed E-state index contributed by atoms with van der Waals surface area (Å²) in [6.07, 6.45) is 5.08. The largest absolute Gasteiger partial charge is 0.374 e. The molecule has 3 rings (SSSR count). The quantitative estimate of drug-likeness (QED) is 0.844. The number of hydrogen-bond acceptors (Lipinski definition) is 4. The Kier molecular flexibility index (Phi) is 4.05. The fraction of sp³-hybridized carbons (Fsp3) is 0.357. The van der Waals surface area contributed by atoms with Crippen molar-refractivity contribution in [1.82, 2.24) is 13.9 Å². The first-order chi connectivity index (χ1) is 10.2. The van der Waals surface area contributed by atoms with Crippen LogP contribution in [0.4, 0.5) is 0 Å². The third-order valence-corrected chi connectivity index (χ3v) is 5.34. The number of benzene rings is 1. The van der Waals surface area contributed by atoms with Crippen molar-refractivity contribution >= 4 is 10.0 Å². The van der Waals surface area contributed by atoms with Crippen LogP contribution in [0, 0.1) is 0 Å². The maximum atomic E-state index is 12.6. The molecule has 2 heterocycles. The average molecular weight is 307 g/mol. The van der Waals surface area contributed by atoms with Gasteiger partial charge in [-0.25, -0.2) is 13.4 Å². The molecule has 1 aliphatic rings. The highest BCUT2D eigenvalue weighted by atomic mass is 32.2. The number of hydrogen-bond donors (Lipinski definition) is 0. The van der Waals surface area contributed by atoms with Crippen LogP contribution in [0.3, 0.4) is 0 Å². The molecule has 0 radical (unpaired) electrons. The van der Waals surface area contributed by atoms with Crippen LogP contribution >= 0.6 is 0 Å². The second kappa shape index (κ2) is 5.97. The van der Waals surface area contributed by atoms with Crippen molar-refractivity contribution in [2.45, 2.75) is 17.5 Å². The lowest BCUT2D eigenvalue weighted by atomic mass is 10.3. The lowest BCUT2D eigenvalue weighted by Gasteiger charge is -2.32. The number of nitrogens with zero attached hydrogens (tertiary/aromatic N) is 3. The van der Waals surface area contributed by atoms with Crippen molar-refractivity contribution in [3.05, 3.63) is 49.1 Å². The maximum Gasteiger partial charge on any atom is 0.243 e. The molecule has 6 nitrogen and oxygen atoms in total. The zero-order valence-corrected chi connectivity index (χ0v) is 12.3. The lowest BCUT2D eigenvalue weighted by Crippen LogP contribution is -2.46. The van der Waals surface area contributed by atoms with Crippen LogP contribution in [0.25, 0.3) is 0 Å². The van der Waals surface area contributed by atoms with Gasteiger partial charge in [0.2, 0.25) is 10.0 Å². The summed E-state index contributed by atoms with van der Waals surface area (Å²) in [5, 5.41) is 0. The summed E-state index contributed by atoms with van der Waals surface area (Å²) in [6.45, 7) is 1.75. The van der Waals surface area contributed by atoms with Gasteiger partial charge in [0.1, 0.15) is 0 Å². The molecular weight excluding hydrogens is 290 g/mol. The topological polar surface area (TPSA) is 64.4 Å². The minimum atomic E-state index is -3.45. The first kappa shape index (κ1) is 14.2. The summed E-state index contributed by atoms with van der Waals surface area (Å²) in [4.78, 5) is 4.31. The van der Waals surface area contributed by atoms with Crippen molar-refractivity contribution in [3.8, 4) is 0 Å². The monoisotopic (exact) mass is 307 g/mol. The second-order valence-corrected chi connectivity index (χ2v) is 6.87. The number of aromatic nitrogens is 2. The molecule has 0 amide bonds. The minimum absolute atomic E-state index is 0.161. The molecule has 1 aromatic heterocycles. The van der Waals surface area contributed by atoms with Crippen LogP contribution in [-0.4, -0.2) is 48.1 Å². The molecule has 1 aromatic carbocycles. The molecule has 21 heavy (non-hydrogen) atoms. The fourth-order valence-corrected chi connectivity index (χ4v) is 3.87. The molecule has 112 valence electrons. The molecule has 7 heteroatoms. The van der Waals surface area contributed by atoms with Crippen LogP contribution < -0.4 is 0 Å². The molecule has 0 saturated carbocycles. The van der Waals surface area contributed by atoms with E-state index in [2.05, 4.69) is 4.98 Å². The van der Waals surface area contributed by atoms with Crippen LogP contribution in [0.1, 0.15) is 0 Å². The summed E-state index contributed by atoms with van der Waals surface area (Å²) < 4.78 is 34.2. The highest BCUT2D eigenvalue weighted by Crippen LogP contribution is 2.19. The summed E-state index contributed by atoms with van der Waals surface area (Å²) in [6, 6.07) is 8.51. The van der Waals surface area contributed by atoms with E-state index in [0.29, 0.717) is 31.1 Å². The Labute approximate surface area is 124 Å². The van der Waals surface area contributed by atoms with E-state index in [-0.39, 0.29) is 6.10 Å². The van der Waals surface area contributed by atoms with Gasteiger partial charge in [0, 0.05) is 25.5 Å². The molecule has 0 N–H and O–H groups in total. The normalized spacial score (nSPS) is 20.5. The predicted octanol–water partition coefficient (Wildman–Crippen LogP) is 0.973. The van der Waals surface area contributed by atoms with Gasteiger partial charge in [-0.15, -0.1) is 0 Å². The summed E-state index contributed by atoms with van der Waals surface area (Å²) in [5.74, 6) is 0. The van der Waals surface area contributed by atoms with Crippen LogP contribution in [0.2, 0.25) is 0 Å². The molecule has 0 unspecified atom stereocenters. The highest BCUT2D eigenvalue weighted by Gasteiger charge is 2.30. The highest BCUT2D eigenvalue weighted by molar-refractivity contribution is 7.89. The van der Waals surface area contributed by atoms with Crippen molar-refractivity contribution < 1.29 is 13.2 Å². The van der Waals surface area contributed by atoms with Crippen molar-refractivity contribution in [1.29, 1.82) is 0 Å². The van der Waals surface area contributed by atoms with Gasteiger partial charge >= 0.3 is 0 Å².